The van der Waals surface area contributed by atoms with E-state index in [0.717, 1.165) is 16.3 Å². The second-order valence-corrected chi connectivity index (χ2v) is 7.30. The fraction of sp³-hybridized carbons (Fsp3) is 0.150. The Labute approximate surface area is 173 Å². The molecule has 3 aromatic rings. The van der Waals surface area contributed by atoms with Crippen molar-refractivity contribution in [2.45, 2.75) is 5.25 Å². The van der Waals surface area contributed by atoms with Crippen molar-refractivity contribution in [3.05, 3.63) is 64.6 Å². The first-order chi connectivity index (χ1) is 14.5. The summed E-state index contributed by atoms with van der Waals surface area (Å²) >= 11 is 0.961. The first kappa shape index (κ1) is 19.6. The second kappa shape index (κ2) is 7.64. The Morgan fingerprint density at radius 2 is 1.83 bits per heavy atom. The maximum absolute atomic E-state index is 13.4. The lowest BCUT2D eigenvalue weighted by atomic mass is 10.2. The minimum absolute atomic E-state index is 0.0244. The molecule has 30 heavy (non-hydrogen) atoms. The average molecular weight is 428 g/mol. The lowest BCUT2D eigenvalue weighted by Crippen LogP contribution is -2.42. The van der Waals surface area contributed by atoms with Crippen molar-refractivity contribution >= 4 is 46.3 Å². The topological polar surface area (TPSA) is 127 Å². The summed E-state index contributed by atoms with van der Waals surface area (Å²) in [6.45, 7) is 0. The van der Waals surface area contributed by atoms with Crippen molar-refractivity contribution in [3.63, 3.8) is 0 Å². The predicted molar refractivity (Wildman–Crippen MR) is 107 cm³/mol. The number of carbonyl (C=O) groups excluding carboxylic acids is 3. The molecule has 4 heterocycles. The van der Waals surface area contributed by atoms with Crippen LogP contribution in [0.25, 0.3) is 11.0 Å². The molecule has 0 fully saturated rings. The van der Waals surface area contributed by atoms with E-state index in [-0.39, 0.29) is 26.9 Å². The third-order valence-corrected chi connectivity index (χ3v) is 5.79. The molecule has 10 heteroatoms. The predicted octanol–water partition coefficient (Wildman–Crippen LogP) is 1.28. The average Bonchev–Trinajstić information content (AvgIpc) is 3.50. The SMILES string of the molecule is COC(=O)C1=c2/c(=C/c3ccco3)c(N)c(C(=O)OC)n2C(=O)[C@H](c2ccco2)S1. The molecular weight excluding hydrogens is 412 g/mol. The highest BCUT2D eigenvalue weighted by Gasteiger charge is 2.39. The summed E-state index contributed by atoms with van der Waals surface area (Å²) in [5.74, 6) is -1.29. The lowest BCUT2D eigenvalue weighted by molar-refractivity contribution is -0.133. The number of hydrogen-bond acceptors (Lipinski definition) is 9. The van der Waals surface area contributed by atoms with E-state index in [0.29, 0.717) is 11.5 Å². The van der Waals surface area contributed by atoms with Crippen molar-refractivity contribution in [1.82, 2.24) is 4.57 Å². The normalized spacial score (nSPS) is 16.5. The highest BCUT2D eigenvalue weighted by molar-refractivity contribution is 8.10. The summed E-state index contributed by atoms with van der Waals surface area (Å²) in [5, 5.41) is -0.522. The quantitative estimate of drug-likeness (QED) is 0.611. The van der Waals surface area contributed by atoms with Gasteiger partial charge in [-0.25, -0.2) is 9.59 Å². The first-order valence-corrected chi connectivity index (χ1v) is 9.56. The number of thioether (sulfide) groups is 1. The summed E-state index contributed by atoms with van der Waals surface area (Å²) in [5.41, 5.74) is 6.05. The number of ether oxygens (including phenoxy) is 2. The van der Waals surface area contributed by atoms with Crippen LogP contribution in [0.5, 0.6) is 0 Å². The van der Waals surface area contributed by atoms with Crippen LogP contribution < -0.4 is 16.3 Å². The van der Waals surface area contributed by atoms with Gasteiger partial charge in [0.1, 0.15) is 21.7 Å². The van der Waals surface area contributed by atoms with Crippen molar-refractivity contribution in [2.24, 2.45) is 0 Å². The van der Waals surface area contributed by atoms with Gasteiger partial charge in [0.2, 0.25) is 0 Å². The van der Waals surface area contributed by atoms with Gasteiger partial charge in [-0.1, -0.05) is 11.8 Å². The van der Waals surface area contributed by atoms with Crippen LogP contribution in [0.3, 0.4) is 0 Å². The van der Waals surface area contributed by atoms with E-state index in [1.165, 1.54) is 32.8 Å². The number of rotatable bonds is 4. The molecule has 1 atom stereocenters. The maximum atomic E-state index is 13.4. The zero-order valence-corrected chi connectivity index (χ0v) is 16.7. The van der Waals surface area contributed by atoms with Crippen LogP contribution in [0.1, 0.15) is 32.1 Å². The molecule has 1 aliphatic rings. The number of nitrogens with two attached hydrogens (primary N) is 1. The summed E-state index contributed by atoms with van der Waals surface area (Å²) in [6.07, 6.45) is 4.42. The van der Waals surface area contributed by atoms with Crippen molar-refractivity contribution in [2.75, 3.05) is 20.0 Å². The van der Waals surface area contributed by atoms with Gasteiger partial charge in [0, 0.05) is 5.22 Å². The van der Waals surface area contributed by atoms with E-state index in [9.17, 15) is 14.4 Å². The monoisotopic (exact) mass is 428 g/mol. The maximum Gasteiger partial charge on any atom is 0.357 e. The molecule has 0 saturated heterocycles. The van der Waals surface area contributed by atoms with E-state index in [4.69, 9.17) is 24.0 Å². The van der Waals surface area contributed by atoms with Gasteiger partial charge < -0.3 is 24.0 Å². The minimum atomic E-state index is -0.923. The van der Waals surface area contributed by atoms with Crippen LogP contribution in [0.4, 0.5) is 5.69 Å². The molecule has 0 aromatic carbocycles. The summed E-state index contributed by atoms with van der Waals surface area (Å²) < 4.78 is 21.6. The van der Waals surface area contributed by atoms with Crippen LogP contribution in [0.15, 0.2) is 45.6 Å². The van der Waals surface area contributed by atoms with Gasteiger partial charge >= 0.3 is 11.9 Å². The second-order valence-electron chi connectivity index (χ2n) is 6.18. The number of methoxy groups -OCH3 is 2. The lowest BCUT2D eigenvalue weighted by Gasteiger charge is -2.21. The number of nitrogen functional groups attached to an aromatic ring is 1. The molecule has 2 N–H and O–H groups in total. The molecule has 0 spiro atoms. The van der Waals surface area contributed by atoms with Crippen LogP contribution in [-0.2, 0) is 14.3 Å². The zero-order chi connectivity index (χ0) is 21.4. The molecular formula is C20H16N2O7S. The Balaban J connectivity index is 2.13. The van der Waals surface area contributed by atoms with Crippen molar-refractivity contribution in [1.29, 1.82) is 0 Å². The Hall–Kier alpha value is -3.66. The van der Waals surface area contributed by atoms with Crippen molar-refractivity contribution < 1.29 is 32.7 Å². The molecule has 4 rings (SSSR count). The van der Waals surface area contributed by atoms with Crippen LogP contribution in [0, 0.1) is 0 Å². The molecule has 0 bridgehead atoms. The summed E-state index contributed by atoms with van der Waals surface area (Å²) in [4.78, 5) is 38.7. The standard InChI is InChI=1S/C20H16N2O7S/c1-26-19(24)15-13(21)11(9-10-5-3-7-28-10)14-17(20(25)27-2)30-16(18(23)22(14)15)12-6-4-8-29-12/h3-9,16H,21H2,1-2H3/b11-9+/t16-/m0/s1. The van der Waals surface area contributed by atoms with Crippen LogP contribution in [0.2, 0.25) is 0 Å². The number of nitrogens with zero attached hydrogens (tertiary/aromatic N) is 1. The van der Waals surface area contributed by atoms with E-state index in [1.807, 2.05) is 0 Å². The number of furan rings is 2. The van der Waals surface area contributed by atoms with E-state index in [2.05, 4.69) is 0 Å². The van der Waals surface area contributed by atoms with Crippen molar-refractivity contribution in [3.8, 4) is 0 Å². The van der Waals surface area contributed by atoms with E-state index >= 15 is 0 Å². The molecule has 0 aliphatic carbocycles. The fourth-order valence-corrected chi connectivity index (χ4v) is 4.40. The number of esters is 2. The van der Waals surface area contributed by atoms with Gasteiger partial charge in [-0.05, 0) is 30.3 Å². The molecule has 9 nitrogen and oxygen atoms in total. The molecule has 0 unspecified atom stereocenters. The van der Waals surface area contributed by atoms with Crippen LogP contribution >= 0.6 is 11.8 Å². The largest absolute Gasteiger partial charge is 0.468 e. The molecule has 0 saturated carbocycles. The van der Waals surface area contributed by atoms with E-state index < -0.39 is 23.1 Å². The molecule has 154 valence electrons. The molecule has 0 radical (unpaired) electrons. The highest BCUT2D eigenvalue weighted by atomic mass is 32.2. The Kier molecular flexibility index (Phi) is 5.00. The number of hydrogen-bond donors (Lipinski definition) is 1. The summed E-state index contributed by atoms with van der Waals surface area (Å²) in [6, 6.07) is 6.57. The first-order valence-electron chi connectivity index (χ1n) is 8.68. The van der Waals surface area contributed by atoms with Gasteiger partial charge in [0.25, 0.3) is 5.91 Å². The van der Waals surface area contributed by atoms with E-state index in [1.54, 1.807) is 24.3 Å². The van der Waals surface area contributed by atoms with Gasteiger partial charge in [0.05, 0.1) is 37.8 Å². The molecule has 3 aromatic heterocycles. The molecule has 0 amide bonds. The number of carbonyl (C=O) groups is 3. The van der Waals surface area contributed by atoms with Gasteiger partial charge in [-0.15, -0.1) is 0 Å². The fourth-order valence-electron chi connectivity index (χ4n) is 3.21. The molecule has 1 aliphatic heterocycles. The van der Waals surface area contributed by atoms with Crippen LogP contribution in [-0.4, -0.2) is 36.6 Å². The number of aromatic nitrogens is 1. The minimum Gasteiger partial charge on any atom is -0.468 e. The summed E-state index contributed by atoms with van der Waals surface area (Å²) in [7, 11) is 2.40. The van der Waals surface area contributed by atoms with Gasteiger partial charge in [0.15, 0.2) is 5.69 Å². The highest BCUT2D eigenvalue weighted by Crippen LogP contribution is 2.39. The van der Waals surface area contributed by atoms with Gasteiger partial charge in [-0.3, -0.25) is 9.36 Å². The zero-order valence-electron chi connectivity index (χ0n) is 15.9. The van der Waals surface area contributed by atoms with Gasteiger partial charge in [-0.2, -0.15) is 0 Å². The Morgan fingerprint density at radius 1 is 1.13 bits per heavy atom. The third kappa shape index (κ3) is 3.01. The smallest absolute Gasteiger partial charge is 0.357 e. The number of fused-ring (bicyclic) bond motifs is 1. The Bertz CT molecular complexity index is 1250. The third-order valence-electron chi connectivity index (χ3n) is 4.52. The number of anilines is 1. The Morgan fingerprint density at radius 3 is 2.43 bits per heavy atom.